The molecule has 0 aliphatic heterocycles. The highest BCUT2D eigenvalue weighted by Gasteiger charge is 2.12. The number of rotatable bonds is 4. The molecule has 0 heterocycles. The van der Waals surface area contributed by atoms with E-state index in [0.29, 0.717) is 11.1 Å². The van der Waals surface area contributed by atoms with Gasteiger partial charge in [-0.3, -0.25) is 4.79 Å². The molecule has 0 aliphatic rings. The number of nitrogens with two attached hydrogens (primary N) is 1. The molecular formula is C16H15BrN2OS. The third kappa shape index (κ3) is 4.12. The SMILES string of the molecule is CC(NC(=O)c1cccc(C(N)=S)c1)c1ccc(Br)cc1. The number of halogens is 1. The smallest absolute Gasteiger partial charge is 0.251 e. The summed E-state index contributed by atoms with van der Waals surface area (Å²) < 4.78 is 1.01. The van der Waals surface area contributed by atoms with Crippen molar-refractivity contribution < 1.29 is 4.79 Å². The van der Waals surface area contributed by atoms with E-state index in [1.54, 1.807) is 24.3 Å². The molecule has 1 atom stereocenters. The summed E-state index contributed by atoms with van der Waals surface area (Å²) in [5.41, 5.74) is 7.86. The van der Waals surface area contributed by atoms with Crippen molar-refractivity contribution in [2.75, 3.05) is 0 Å². The molecule has 5 heteroatoms. The van der Waals surface area contributed by atoms with Crippen LogP contribution in [-0.4, -0.2) is 10.9 Å². The summed E-state index contributed by atoms with van der Waals surface area (Å²) >= 11 is 8.32. The molecule has 1 amide bonds. The summed E-state index contributed by atoms with van der Waals surface area (Å²) in [7, 11) is 0. The lowest BCUT2D eigenvalue weighted by atomic mass is 10.1. The van der Waals surface area contributed by atoms with Gasteiger partial charge in [-0.2, -0.15) is 0 Å². The quantitative estimate of drug-likeness (QED) is 0.817. The van der Waals surface area contributed by atoms with Gasteiger partial charge in [0.05, 0.1) is 6.04 Å². The minimum absolute atomic E-state index is 0.0842. The Morgan fingerprint density at radius 1 is 1.19 bits per heavy atom. The van der Waals surface area contributed by atoms with Gasteiger partial charge in [-0.15, -0.1) is 0 Å². The van der Waals surface area contributed by atoms with Crippen molar-refractivity contribution in [3.63, 3.8) is 0 Å². The van der Waals surface area contributed by atoms with E-state index in [-0.39, 0.29) is 16.9 Å². The lowest BCUT2D eigenvalue weighted by molar-refractivity contribution is 0.0940. The number of carbonyl (C=O) groups excluding carboxylic acids is 1. The molecule has 21 heavy (non-hydrogen) atoms. The number of amides is 1. The Hall–Kier alpha value is -1.72. The minimum atomic E-state index is -0.150. The maximum Gasteiger partial charge on any atom is 0.251 e. The van der Waals surface area contributed by atoms with E-state index in [1.165, 1.54) is 0 Å². The van der Waals surface area contributed by atoms with Crippen LogP contribution in [0.3, 0.4) is 0 Å². The van der Waals surface area contributed by atoms with Crippen molar-refractivity contribution in [3.05, 3.63) is 69.7 Å². The molecular weight excluding hydrogens is 348 g/mol. The average molecular weight is 363 g/mol. The fourth-order valence-electron chi connectivity index (χ4n) is 1.93. The second-order valence-electron chi connectivity index (χ2n) is 4.69. The molecule has 2 rings (SSSR count). The van der Waals surface area contributed by atoms with Gasteiger partial charge >= 0.3 is 0 Å². The van der Waals surface area contributed by atoms with Crippen molar-refractivity contribution in [2.24, 2.45) is 5.73 Å². The summed E-state index contributed by atoms with van der Waals surface area (Å²) in [5, 5.41) is 2.96. The van der Waals surface area contributed by atoms with Gasteiger partial charge in [0.2, 0.25) is 0 Å². The van der Waals surface area contributed by atoms with Crippen molar-refractivity contribution in [2.45, 2.75) is 13.0 Å². The number of hydrogen-bond acceptors (Lipinski definition) is 2. The lowest BCUT2D eigenvalue weighted by Gasteiger charge is -2.15. The maximum absolute atomic E-state index is 12.3. The van der Waals surface area contributed by atoms with E-state index in [4.69, 9.17) is 18.0 Å². The zero-order valence-electron chi connectivity index (χ0n) is 11.5. The van der Waals surface area contributed by atoms with E-state index in [0.717, 1.165) is 10.0 Å². The Labute approximate surface area is 137 Å². The summed E-state index contributed by atoms with van der Waals surface area (Å²) in [6, 6.07) is 14.8. The van der Waals surface area contributed by atoms with Crippen LogP contribution < -0.4 is 11.1 Å². The Balaban J connectivity index is 2.12. The number of hydrogen-bond donors (Lipinski definition) is 2. The molecule has 0 saturated carbocycles. The maximum atomic E-state index is 12.3. The molecule has 0 aliphatic carbocycles. The second-order valence-corrected chi connectivity index (χ2v) is 6.05. The normalized spacial score (nSPS) is 11.7. The van der Waals surface area contributed by atoms with Gasteiger partial charge in [-0.25, -0.2) is 0 Å². The summed E-state index contributed by atoms with van der Waals surface area (Å²) in [5.74, 6) is -0.150. The van der Waals surface area contributed by atoms with E-state index in [1.807, 2.05) is 31.2 Å². The molecule has 0 radical (unpaired) electrons. The van der Waals surface area contributed by atoms with Crippen molar-refractivity contribution in [3.8, 4) is 0 Å². The first-order chi connectivity index (χ1) is 9.97. The van der Waals surface area contributed by atoms with E-state index in [9.17, 15) is 4.79 Å². The van der Waals surface area contributed by atoms with Crippen molar-refractivity contribution in [1.29, 1.82) is 0 Å². The Bertz CT molecular complexity index is 670. The Kier molecular flexibility index (Phi) is 5.09. The second kappa shape index (κ2) is 6.83. The molecule has 3 nitrogen and oxygen atoms in total. The zero-order chi connectivity index (χ0) is 15.4. The van der Waals surface area contributed by atoms with Crippen molar-refractivity contribution in [1.82, 2.24) is 5.32 Å². The largest absolute Gasteiger partial charge is 0.389 e. The number of carbonyl (C=O) groups is 1. The first-order valence-electron chi connectivity index (χ1n) is 6.43. The molecule has 2 aromatic rings. The van der Waals surface area contributed by atoms with Gasteiger partial charge in [0.1, 0.15) is 4.99 Å². The lowest BCUT2D eigenvalue weighted by Crippen LogP contribution is -2.27. The van der Waals surface area contributed by atoms with Gasteiger partial charge in [-0.1, -0.05) is 52.4 Å². The van der Waals surface area contributed by atoms with Gasteiger partial charge in [0.15, 0.2) is 0 Å². The fraction of sp³-hybridized carbons (Fsp3) is 0.125. The Morgan fingerprint density at radius 3 is 2.43 bits per heavy atom. The third-order valence-electron chi connectivity index (χ3n) is 3.13. The topological polar surface area (TPSA) is 55.1 Å². The van der Waals surface area contributed by atoms with Crippen LogP contribution >= 0.6 is 28.1 Å². The standard InChI is InChI=1S/C16H15BrN2OS/c1-10(11-5-7-14(17)8-6-11)19-16(20)13-4-2-3-12(9-13)15(18)21/h2-10H,1H3,(H2,18,21)(H,19,20). The molecule has 108 valence electrons. The fourth-order valence-corrected chi connectivity index (χ4v) is 2.32. The first-order valence-corrected chi connectivity index (χ1v) is 7.63. The molecule has 0 bridgehead atoms. The van der Waals surface area contributed by atoms with Gasteiger partial charge in [-0.05, 0) is 36.8 Å². The van der Waals surface area contributed by atoms with Crippen LogP contribution in [-0.2, 0) is 0 Å². The number of thiocarbonyl (C=S) groups is 1. The highest BCUT2D eigenvalue weighted by molar-refractivity contribution is 9.10. The van der Waals surface area contributed by atoms with Crippen LogP contribution in [0.25, 0.3) is 0 Å². The highest BCUT2D eigenvalue weighted by Crippen LogP contribution is 2.17. The van der Waals surface area contributed by atoms with Crippen LogP contribution in [0.2, 0.25) is 0 Å². The minimum Gasteiger partial charge on any atom is -0.389 e. The summed E-state index contributed by atoms with van der Waals surface area (Å²) in [6.07, 6.45) is 0. The van der Waals surface area contributed by atoms with Crippen LogP contribution in [0, 0.1) is 0 Å². The van der Waals surface area contributed by atoms with Crippen LogP contribution in [0.15, 0.2) is 53.0 Å². The van der Waals surface area contributed by atoms with Gasteiger partial charge < -0.3 is 11.1 Å². The predicted molar refractivity (Wildman–Crippen MR) is 92.4 cm³/mol. The highest BCUT2D eigenvalue weighted by atomic mass is 79.9. The first kappa shape index (κ1) is 15.7. The summed E-state index contributed by atoms with van der Waals surface area (Å²) in [4.78, 5) is 12.5. The molecule has 3 N–H and O–H groups in total. The molecule has 0 fully saturated rings. The molecule has 0 saturated heterocycles. The molecule has 2 aromatic carbocycles. The number of benzene rings is 2. The molecule has 0 spiro atoms. The third-order valence-corrected chi connectivity index (χ3v) is 3.89. The van der Waals surface area contributed by atoms with Crippen LogP contribution in [0.1, 0.15) is 34.5 Å². The average Bonchev–Trinajstić information content (AvgIpc) is 2.48. The van der Waals surface area contributed by atoms with E-state index >= 15 is 0 Å². The predicted octanol–water partition coefficient (Wildman–Crippen LogP) is 3.57. The monoisotopic (exact) mass is 362 g/mol. The van der Waals surface area contributed by atoms with Crippen LogP contribution in [0.5, 0.6) is 0 Å². The van der Waals surface area contributed by atoms with Gasteiger partial charge in [0.25, 0.3) is 5.91 Å². The van der Waals surface area contributed by atoms with Crippen molar-refractivity contribution >= 4 is 39.0 Å². The van der Waals surface area contributed by atoms with Gasteiger partial charge in [0, 0.05) is 15.6 Å². The van der Waals surface area contributed by atoms with Crippen LogP contribution in [0.4, 0.5) is 0 Å². The summed E-state index contributed by atoms with van der Waals surface area (Å²) in [6.45, 7) is 1.94. The van der Waals surface area contributed by atoms with E-state index < -0.39 is 0 Å². The van der Waals surface area contributed by atoms with E-state index in [2.05, 4.69) is 21.2 Å². The zero-order valence-corrected chi connectivity index (χ0v) is 13.9. The number of nitrogens with one attached hydrogen (secondary N) is 1. The molecule has 1 unspecified atom stereocenters. The Morgan fingerprint density at radius 2 is 1.81 bits per heavy atom. The molecule has 0 aromatic heterocycles.